The van der Waals surface area contributed by atoms with Gasteiger partial charge in [0.2, 0.25) is 0 Å². The minimum absolute atomic E-state index is 0.127. The van der Waals surface area contributed by atoms with Crippen molar-refractivity contribution in [1.29, 1.82) is 0 Å². The SMILES string of the molecule is CN(C)C(=O)c1ncsc1C(N)=O. The number of hydrogen-bond donors (Lipinski definition) is 1. The number of nitrogens with zero attached hydrogens (tertiary/aromatic N) is 2. The number of nitrogens with two attached hydrogens (primary N) is 1. The zero-order valence-electron chi connectivity index (χ0n) is 7.27. The molecule has 13 heavy (non-hydrogen) atoms. The van der Waals surface area contributed by atoms with Gasteiger partial charge in [-0.2, -0.15) is 0 Å². The Morgan fingerprint density at radius 1 is 1.54 bits per heavy atom. The monoisotopic (exact) mass is 199 g/mol. The van der Waals surface area contributed by atoms with Gasteiger partial charge in [0.05, 0.1) is 5.51 Å². The van der Waals surface area contributed by atoms with Crippen LogP contribution in [0.4, 0.5) is 0 Å². The van der Waals surface area contributed by atoms with Crippen LogP contribution in [-0.4, -0.2) is 35.8 Å². The molecule has 0 aliphatic heterocycles. The van der Waals surface area contributed by atoms with Crippen LogP contribution in [0.25, 0.3) is 0 Å². The molecule has 0 aromatic carbocycles. The molecule has 5 nitrogen and oxygen atoms in total. The highest BCUT2D eigenvalue weighted by Gasteiger charge is 2.19. The zero-order chi connectivity index (χ0) is 10.0. The lowest BCUT2D eigenvalue weighted by Crippen LogP contribution is -2.25. The molecule has 0 spiro atoms. The first-order valence-electron chi connectivity index (χ1n) is 3.49. The van der Waals surface area contributed by atoms with E-state index in [9.17, 15) is 9.59 Å². The Kier molecular flexibility index (Phi) is 2.62. The molecule has 6 heteroatoms. The zero-order valence-corrected chi connectivity index (χ0v) is 8.09. The van der Waals surface area contributed by atoms with Crippen LogP contribution in [0, 0.1) is 0 Å². The van der Waals surface area contributed by atoms with Crippen molar-refractivity contribution in [3.05, 3.63) is 16.1 Å². The number of aromatic nitrogens is 1. The first-order chi connectivity index (χ1) is 6.04. The van der Waals surface area contributed by atoms with Gasteiger partial charge >= 0.3 is 0 Å². The van der Waals surface area contributed by atoms with Crippen molar-refractivity contribution in [2.75, 3.05) is 14.1 Å². The Labute approximate surface area is 79.2 Å². The molecule has 0 aliphatic carbocycles. The molecule has 1 heterocycles. The largest absolute Gasteiger partial charge is 0.365 e. The summed E-state index contributed by atoms with van der Waals surface area (Å²) in [5.74, 6) is -0.928. The van der Waals surface area contributed by atoms with Crippen LogP contribution >= 0.6 is 11.3 Å². The second-order valence-corrected chi connectivity index (χ2v) is 3.45. The quantitative estimate of drug-likeness (QED) is 0.725. The highest BCUT2D eigenvalue weighted by Crippen LogP contribution is 2.13. The molecule has 2 N–H and O–H groups in total. The number of carbonyl (C=O) groups excluding carboxylic acids is 2. The standard InChI is InChI=1S/C7H9N3O2S/c1-10(2)7(12)4-5(6(8)11)13-3-9-4/h3H,1-2H3,(H2,8,11). The number of primary amides is 1. The lowest BCUT2D eigenvalue weighted by molar-refractivity contribution is 0.0816. The van der Waals surface area contributed by atoms with Gasteiger partial charge in [-0.25, -0.2) is 4.98 Å². The molecule has 0 radical (unpaired) electrons. The predicted molar refractivity (Wildman–Crippen MR) is 48.6 cm³/mol. The summed E-state index contributed by atoms with van der Waals surface area (Å²) in [6.45, 7) is 0. The minimum atomic E-state index is -0.618. The summed E-state index contributed by atoms with van der Waals surface area (Å²) in [4.78, 5) is 27.6. The molecular formula is C7H9N3O2S. The first-order valence-corrected chi connectivity index (χ1v) is 4.37. The number of amides is 2. The predicted octanol–water partition coefficient (Wildman–Crippen LogP) is -0.0562. The van der Waals surface area contributed by atoms with Crippen molar-refractivity contribution in [2.45, 2.75) is 0 Å². The normalized spacial score (nSPS) is 9.69. The molecule has 1 aromatic heterocycles. The molecule has 0 saturated carbocycles. The van der Waals surface area contributed by atoms with E-state index < -0.39 is 5.91 Å². The van der Waals surface area contributed by atoms with E-state index in [2.05, 4.69) is 4.98 Å². The Balaban J connectivity index is 3.08. The highest BCUT2D eigenvalue weighted by molar-refractivity contribution is 7.12. The summed E-state index contributed by atoms with van der Waals surface area (Å²) >= 11 is 1.07. The highest BCUT2D eigenvalue weighted by atomic mass is 32.1. The molecule has 0 bridgehead atoms. The molecule has 1 aromatic rings. The Morgan fingerprint density at radius 2 is 2.15 bits per heavy atom. The summed E-state index contributed by atoms with van der Waals surface area (Å²) in [6.07, 6.45) is 0. The van der Waals surface area contributed by atoms with Gasteiger partial charge in [0.1, 0.15) is 4.88 Å². The Hall–Kier alpha value is -1.43. The summed E-state index contributed by atoms with van der Waals surface area (Å²) in [5.41, 5.74) is 6.61. The maximum absolute atomic E-state index is 11.4. The van der Waals surface area contributed by atoms with Crippen molar-refractivity contribution in [2.24, 2.45) is 5.73 Å². The van der Waals surface area contributed by atoms with Crippen molar-refractivity contribution in [1.82, 2.24) is 9.88 Å². The van der Waals surface area contributed by atoms with Crippen LogP contribution in [0.5, 0.6) is 0 Å². The van der Waals surface area contributed by atoms with Gasteiger partial charge in [-0.05, 0) is 0 Å². The lowest BCUT2D eigenvalue weighted by atomic mass is 10.3. The summed E-state index contributed by atoms with van der Waals surface area (Å²) in [5, 5.41) is 0. The fraction of sp³-hybridized carbons (Fsp3) is 0.286. The number of carbonyl (C=O) groups is 2. The van der Waals surface area contributed by atoms with E-state index >= 15 is 0 Å². The Bertz CT molecular complexity index is 345. The average molecular weight is 199 g/mol. The van der Waals surface area contributed by atoms with Gasteiger partial charge in [0.25, 0.3) is 11.8 Å². The maximum atomic E-state index is 11.4. The number of hydrogen-bond acceptors (Lipinski definition) is 4. The van der Waals surface area contributed by atoms with Crippen molar-refractivity contribution < 1.29 is 9.59 Å². The third kappa shape index (κ3) is 1.83. The van der Waals surface area contributed by atoms with Crippen molar-refractivity contribution >= 4 is 23.2 Å². The van der Waals surface area contributed by atoms with Gasteiger partial charge in [-0.1, -0.05) is 0 Å². The van der Waals surface area contributed by atoms with Gasteiger partial charge in [0, 0.05) is 14.1 Å². The molecule has 0 unspecified atom stereocenters. The van der Waals surface area contributed by atoms with Crippen LogP contribution in [0.3, 0.4) is 0 Å². The third-order valence-electron chi connectivity index (χ3n) is 1.40. The van der Waals surface area contributed by atoms with Crippen LogP contribution in [0.1, 0.15) is 20.2 Å². The molecule has 0 aliphatic rings. The van der Waals surface area contributed by atoms with E-state index in [1.807, 2.05) is 0 Å². The molecule has 70 valence electrons. The van der Waals surface area contributed by atoms with E-state index in [-0.39, 0.29) is 16.5 Å². The molecule has 2 amide bonds. The van der Waals surface area contributed by atoms with Crippen molar-refractivity contribution in [3.63, 3.8) is 0 Å². The molecule has 0 atom stereocenters. The third-order valence-corrected chi connectivity index (χ3v) is 2.24. The topological polar surface area (TPSA) is 76.3 Å². The van der Waals surface area contributed by atoms with Crippen LogP contribution < -0.4 is 5.73 Å². The molecule has 0 saturated heterocycles. The van der Waals surface area contributed by atoms with E-state index in [1.54, 1.807) is 14.1 Å². The molecule has 0 fully saturated rings. The molecule has 1 rings (SSSR count). The minimum Gasteiger partial charge on any atom is -0.365 e. The average Bonchev–Trinajstić information content (AvgIpc) is 2.50. The van der Waals surface area contributed by atoms with E-state index in [4.69, 9.17) is 5.73 Å². The van der Waals surface area contributed by atoms with E-state index in [0.29, 0.717) is 0 Å². The first kappa shape index (κ1) is 9.66. The molecular weight excluding hydrogens is 190 g/mol. The number of thiazole rings is 1. The number of rotatable bonds is 2. The van der Waals surface area contributed by atoms with E-state index in [1.165, 1.54) is 10.4 Å². The lowest BCUT2D eigenvalue weighted by Gasteiger charge is -2.07. The summed E-state index contributed by atoms with van der Waals surface area (Å²) in [7, 11) is 3.18. The van der Waals surface area contributed by atoms with Gasteiger partial charge in [-0.15, -0.1) is 11.3 Å². The van der Waals surface area contributed by atoms with Gasteiger partial charge in [0.15, 0.2) is 5.69 Å². The van der Waals surface area contributed by atoms with Crippen LogP contribution in [0.15, 0.2) is 5.51 Å². The summed E-state index contributed by atoms with van der Waals surface area (Å²) < 4.78 is 0. The second-order valence-electron chi connectivity index (χ2n) is 2.59. The van der Waals surface area contributed by atoms with E-state index in [0.717, 1.165) is 11.3 Å². The van der Waals surface area contributed by atoms with Crippen molar-refractivity contribution in [3.8, 4) is 0 Å². The fourth-order valence-electron chi connectivity index (χ4n) is 0.785. The van der Waals surface area contributed by atoms with Gasteiger partial charge in [-0.3, -0.25) is 9.59 Å². The fourth-order valence-corrected chi connectivity index (χ4v) is 1.42. The van der Waals surface area contributed by atoms with Gasteiger partial charge < -0.3 is 10.6 Å². The summed E-state index contributed by atoms with van der Waals surface area (Å²) in [6, 6.07) is 0. The smallest absolute Gasteiger partial charge is 0.273 e. The second kappa shape index (κ2) is 3.53. The maximum Gasteiger partial charge on any atom is 0.273 e. The Morgan fingerprint density at radius 3 is 2.62 bits per heavy atom. The van der Waals surface area contributed by atoms with Crippen LogP contribution in [-0.2, 0) is 0 Å². The van der Waals surface area contributed by atoms with Crippen LogP contribution in [0.2, 0.25) is 0 Å².